The third kappa shape index (κ3) is 5.45. The lowest BCUT2D eigenvalue weighted by Gasteiger charge is -2.33. The molecule has 1 amide bonds. The number of hydrogen-bond acceptors (Lipinski definition) is 5. The number of carbonyl (C=O) groups excluding carboxylic acids is 1. The van der Waals surface area contributed by atoms with E-state index in [-0.39, 0.29) is 12.5 Å². The van der Waals surface area contributed by atoms with Crippen LogP contribution in [0.4, 0.5) is 5.69 Å². The van der Waals surface area contributed by atoms with Crippen molar-refractivity contribution in [3.63, 3.8) is 0 Å². The fourth-order valence-electron chi connectivity index (χ4n) is 3.43. The number of carbonyl (C=O) groups is 1. The van der Waals surface area contributed by atoms with Crippen LogP contribution < -0.4 is 5.32 Å². The Hall–Kier alpha value is -2.73. The SMILES string of the molecule is CCCc1ccc(S(=O)(=O)N2CCN(CC(=O)Nc3ccc(C#N)cc3)CC2)cc1. The van der Waals surface area contributed by atoms with Crippen molar-refractivity contribution < 1.29 is 13.2 Å². The number of nitriles is 1. The number of anilines is 1. The Kier molecular flexibility index (Phi) is 7.21. The zero-order chi connectivity index (χ0) is 21.6. The van der Waals surface area contributed by atoms with E-state index in [1.54, 1.807) is 36.4 Å². The first-order valence-electron chi connectivity index (χ1n) is 10.0. The first kappa shape index (κ1) is 22.0. The van der Waals surface area contributed by atoms with E-state index in [9.17, 15) is 13.2 Å². The highest BCUT2D eigenvalue weighted by Crippen LogP contribution is 2.19. The second kappa shape index (κ2) is 9.85. The van der Waals surface area contributed by atoms with Gasteiger partial charge in [-0.15, -0.1) is 0 Å². The molecule has 0 atom stereocenters. The molecule has 158 valence electrons. The smallest absolute Gasteiger partial charge is 0.243 e. The molecule has 0 bridgehead atoms. The molecule has 1 fully saturated rings. The van der Waals surface area contributed by atoms with Crippen LogP contribution in [0, 0.1) is 11.3 Å². The number of sulfonamides is 1. The summed E-state index contributed by atoms with van der Waals surface area (Å²) in [5.41, 5.74) is 2.30. The molecule has 3 rings (SSSR count). The molecule has 8 heteroatoms. The van der Waals surface area contributed by atoms with Gasteiger partial charge in [-0.1, -0.05) is 25.5 Å². The van der Waals surface area contributed by atoms with Crippen molar-refractivity contribution in [1.82, 2.24) is 9.21 Å². The highest BCUT2D eigenvalue weighted by Gasteiger charge is 2.29. The molecule has 1 aliphatic rings. The Morgan fingerprint density at radius 1 is 1.03 bits per heavy atom. The fraction of sp³-hybridized carbons (Fsp3) is 0.364. The molecule has 1 heterocycles. The van der Waals surface area contributed by atoms with Crippen molar-refractivity contribution >= 4 is 21.6 Å². The van der Waals surface area contributed by atoms with Crippen molar-refractivity contribution in [2.75, 3.05) is 38.0 Å². The van der Waals surface area contributed by atoms with E-state index in [0.717, 1.165) is 18.4 Å². The van der Waals surface area contributed by atoms with Gasteiger partial charge in [0.25, 0.3) is 0 Å². The number of amides is 1. The van der Waals surface area contributed by atoms with E-state index in [4.69, 9.17) is 5.26 Å². The molecule has 0 radical (unpaired) electrons. The van der Waals surface area contributed by atoms with Crippen molar-refractivity contribution in [2.45, 2.75) is 24.7 Å². The number of piperazine rings is 1. The van der Waals surface area contributed by atoms with Gasteiger partial charge in [0.2, 0.25) is 15.9 Å². The summed E-state index contributed by atoms with van der Waals surface area (Å²) in [4.78, 5) is 14.5. The van der Waals surface area contributed by atoms with Crippen molar-refractivity contribution in [3.8, 4) is 6.07 Å². The van der Waals surface area contributed by atoms with Crippen LogP contribution in [-0.4, -0.2) is 56.3 Å². The minimum Gasteiger partial charge on any atom is -0.325 e. The number of nitrogens with one attached hydrogen (secondary N) is 1. The maximum Gasteiger partial charge on any atom is 0.243 e. The van der Waals surface area contributed by atoms with Crippen LogP contribution in [-0.2, 0) is 21.2 Å². The molecule has 0 aromatic heterocycles. The summed E-state index contributed by atoms with van der Waals surface area (Å²) in [5.74, 6) is -0.164. The van der Waals surface area contributed by atoms with E-state index in [1.807, 2.05) is 23.1 Å². The van der Waals surface area contributed by atoms with Gasteiger partial charge in [-0.2, -0.15) is 9.57 Å². The van der Waals surface area contributed by atoms with Gasteiger partial charge in [-0.25, -0.2) is 8.42 Å². The molecular formula is C22H26N4O3S. The third-order valence-corrected chi connectivity index (χ3v) is 7.01. The standard InChI is InChI=1S/C22H26N4O3S/c1-2-3-18-6-10-21(11-7-18)30(28,29)26-14-12-25(13-15-26)17-22(27)24-20-8-4-19(16-23)5-9-20/h4-11H,2-3,12-15,17H2,1H3,(H,24,27). The fourth-order valence-corrected chi connectivity index (χ4v) is 4.85. The molecule has 0 unspecified atom stereocenters. The van der Waals surface area contributed by atoms with E-state index in [1.165, 1.54) is 4.31 Å². The number of rotatable bonds is 7. The van der Waals surface area contributed by atoms with E-state index in [2.05, 4.69) is 12.2 Å². The number of hydrogen-bond donors (Lipinski definition) is 1. The molecule has 2 aromatic rings. The lowest BCUT2D eigenvalue weighted by molar-refractivity contribution is -0.117. The summed E-state index contributed by atoms with van der Waals surface area (Å²) in [5, 5.41) is 11.6. The van der Waals surface area contributed by atoms with Crippen LogP contribution in [0.3, 0.4) is 0 Å². The Labute approximate surface area is 178 Å². The number of nitrogens with zero attached hydrogens (tertiary/aromatic N) is 3. The maximum absolute atomic E-state index is 12.9. The Balaban J connectivity index is 1.52. The predicted octanol–water partition coefficient (Wildman–Crippen LogP) is 2.46. The van der Waals surface area contributed by atoms with Crippen LogP contribution in [0.5, 0.6) is 0 Å². The summed E-state index contributed by atoms with van der Waals surface area (Å²) in [7, 11) is -3.52. The van der Waals surface area contributed by atoms with Gasteiger partial charge in [0.1, 0.15) is 0 Å². The van der Waals surface area contributed by atoms with Crippen LogP contribution >= 0.6 is 0 Å². The topological polar surface area (TPSA) is 93.5 Å². The summed E-state index contributed by atoms with van der Waals surface area (Å²) < 4.78 is 27.3. The van der Waals surface area contributed by atoms with Crippen LogP contribution in [0.1, 0.15) is 24.5 Å². The van der Waals surface area contributed by atoms with Crippen molar-refractivity contribution in [3.05, 3.63) is 59.7 Å². The van der Waals surface area contributed by atoms with Gasteiger partial charge >= 0.3 is 0 Å². The molecule has 1 aliphatic heterocycles. The Bertz CT molecular complexity index is 1000. The van der Waals surface area contributed by atoms with E-state index in [0.29, 0.717) is 42.3 Å². The minimum absolute atomic E-state index is 0.164. The predicted molar refractivity (Wildman–Crippen MR) is 115 cm³/mol. The zero-order valence-corrected chi connectivity index (χ0v) is 17.9. The van der Waals surface area contributed by atoms with E-state index < -0.39 is 10.0 Å². The van der Waals surface area contributed by atoms with Gasteiger partial charge in [0.15, 0.2) is 0 Å². The van der Waals surface area contributed by atoms with Gasteiger partial charge in [0, 0.05) is 31.9 Å². The second-order valence-electron chi connectivity index (χ2n) is 7.31. The normalized spacial score (nSPS) is 15.5. The van der Waals surface area contributed by atoms with Crippen molar-refractivity contribution in [1.29, 1.82) is 5.26 Å². The average Bonchev–Trinajstić information content (AvgIpc) is 2.75. The molecule has 1 N–H and O–H groups in total. The van der Waals surface area contributed by atoms with Gasteiger partial charge < -0.3 is 5.32 Å². The van der Waals surface area contributed by atoms with Gasteiger partial charge in [-0.3, -0.25) is 9.69 Å². The summed E-state index contributed by atoms with van der Waals surface area (Å²) in [6.07, 6.45) is 1.95. The van der Waals surface area contributed by atoms with Crippen LogP contribution in [0.25, 0.3) is 0 Å². The first-order valence-corrected chi connectivity index (χ1v) is 11.5. The third-order valence-electron chi connectivity index (χ3n) is 5.10. The number of aryl methyl sites for hydroxylation is 1. The maximum atomic E-state index is 12.9. The Morgan fingerprint density at radius 3 is 2.23 bits per heavy atom. The molecule has 30 heavy (non-hydrogen) atoms. The second-order valence-corrected chi connectivity index (χ2v) is 9.25. The minimum atomic E-state index is -3.52. The lowest BCUT2D eigenvalue weighted by Crippen LogP contribution is -2.50. The molecule has 1 saturated heterocycles. The van der Waals surface area contributed by atoms with Gasteiger partial charge in [0.05, 0.1) is 23.1 Å². The lowest BCUT2D eigenvalue weighted by atomic mass is 10.1. The number of benzene rings is 2. The molecule has 0 saturated carbocycles. The largest absolute Gasteiger partial charge is 0.325 e. The van der Waals surface area contributed by atoms with Crippen LogP contribution in [0.2, 0.25) is 0 Å². The van der Waals surface area contributed by atoms with E-state index >= 15 is 0 Å². The van der Waals surface area contributed by atoms with Crippen LogP contribution in [0.15, 0.2) is 53.4 Å². The summed E-state index contributed by atoms with van der Waals surface area (Å²) in [6, 6.07) is 15.8. The highest BCUT2D eigenvalue weighted by molar-refractivity contribution is 7.89. The molecule has 0 spiro atoms. The van der Waals surface area contributed by atoms with Crippen molar-refractivity contribution in [2.24, 2.45) is 0 Å². The molecule has 0 aliphatic carbocycles. The highest BCUT2D eigenvalue weighted by atomic mass is 32.2. The van der Waals surface area contributed by atoms with Gasteiger partial charge in [-0.05, 0) is 48.4 Å². The molecular weight excluding hydrogens is 400 g/mol. The molecule has 2 aromatic carbocycles. The summed E-state index contributed by atoms with van der Waals surface area (Å²) in [6.45, 7) is 3.97. The molecule has 7 nitrogen and oxygen atoms in total. The Morgan fingerprint density at radius 2 is 1.67 bits per heavy atom. The quantitative estimate of drug-likeness (QED) is 0.734. The summed E-state index contributed by atoms with van der Waals surface area (Å²) >= 11 is 0. The average molecular weight is 427 g/mol. The monoisotopic (exact) mass is 426 g/mol. The zero-order valence-electron chi connectivity index (χ0n) is 17.0. The first-order chi connectivity index (χ1) is 14.4.